The molecule has 1 atom stereocenters. The molecule has 0 aliphatic carbocycles. The van der Waals surface area contributed by atoms with Gasteiger partial charge in [0, 0.05) is 10.5 Å². The van der Waals surface area contributed by atoms with Crippen LogP contribution in [-0.4, -0.2) is 0 Å². The van der Waals surface area contributed by atoms with E-state index in [2.05, 4.69) is 21.2 Å². The van der Waals surface area contributed by atoms with E-state index in [1.54, 1.807) is 6.07 Å². The molecule has 2 aromatic rings. The lowest BCUT2D eigenvalue weighted by Crippen LogP contribution is -2.07. The number of nitrogens with one attached hydrogen (secondary N) is 1. The minimum Gasteiger partial charge on any atom is -0.377 e. The Hall–Kier alpha value is -0.770. The highest BCUT2D eigenvalue weighted by atomic mass is 79.9. The van der Waals surface area contributed by atoms with Crippen LogP contribution < -0.4 is 5.32 Å². The number of anilines is 1. The summed E-state index contributed by atoms with van der Waals surface area (Å²) in [5.41, 5.74) is 1.56. The highest BCUT2D eigenvalue weighted by Gasteiger charge is 2.12. The van der Waals surface area contributed by atoms with Crippen LogP contribution >= 0.6 is 39.1 Å². The van der Waals surface area contributed by atoms with E-state index in [1.807, 2.05) is 25.1 Å². The average molecular weight is 363 g/mol. The number of hydrogen-bond acceptors (Lipinski definition) is 1. The van der Waals surface area contributed by atoms with Crippen molar-refractivity contribution < 1.29 is 4.39 Å². The van der Waals surface area contributed by atoms with E-state index in [0.29, 0.717) is 15.7 Å². The van der Waals surface area contributed by atoms with Crippen molar-refractivity contribution in [3.63, 3.8) is 0 Å². The fraction of sp³-hybridized carbons (Fsp3) is 0.143. The smallest absolute Gasteiger partial charge is 0.123 e. The Morgan fingerprint density at radius 2 is 1.89 bits per heavy atom. The summed E-state index contributed by atoms with van der Waals surface area (Å²) >= 11 is 15.5. The van der Waals surface area contributed by atoms with Crippen molar-refractivity contribution in [1.29, 1.82) is 0 Å². The fourth-order valence-electron chi connectivity index (χ4n) is 1.73. The zero-order valence-electron chi connectivity index (χ0n) is 10.1. The maximum Gasteiger partial charge on any atom is 0.123 e. The largest absolute Gasteiger partial charge is 0.377 e. The summed E-state index contributed by atoms with van der Waals surface area (Å²) in [5.74, 6) is -0.258. The van der Waals surface area contributed by atoms with Gasteiger partial charge in [-0.3, -0.25) is 0 Å². The van der Waals surface area contributed by atoms with Crippen LogP contribution in [-0.2, 0) is 0 Å². The predicted octanol–water partition coefficient (Wildman–Crippen LogP) is 6.07. The molecule has 0 aromatic heterocycles. The van der Waals surface area contributed by atoms with E-state index in [-0.39, 0.29) is 11.9 Å². The lowest BCUT2D eigenvalue weighted by Gasteiger charge is -2.17. The molecule has 1 N–H and O–H groups in total. The van der Waals surface area contributed by atoms with Gasteiger partial charge in [-0.2, -0.15) is 0 Å². The third-order valence-corrected chi connectivity index (χ3v) is 4.53. The molecule has 0 bridgehead atoms. The van der Waals surface area contributed by atoms with E-state index < -0.39 is 0 Å². The molecule has 1 unspecified atom stereocenters. The molecule has 0 amide bonds. The maximum atomic E-state index is 13.2. The molecule has 100 valence electrons. The van der Waals surface area contributed by atoms with E-state index >= 15 is 0 Å². The highest BCUT2D eigenvalue weighted by molar-refractivity contribution is 9.10. The van der Waals surface area contributed by atoms with E-state index in [9.17, 15) is 4.39 Å². The molecule has 2 aromatic carbocycles. The third-order valence-electron chi connectivity index (χ3n) is 2.76. The van der Waals surface area contributed by atoms with Crippen LogP contribution in [0.1, 0.15) is 18.5 Å². The minimum absolute atomic E-state index is 0.0783. The topological polar surface area (TPSA) is 12.0 Å². The van der Waals surface area contributed by atoms with Gasteiger partial charge in [0.05, 0.1) is 15.7 Å². The molecular weight excluding hydrogens is 352 g/mol. The van der Waals surface area contributed by atoms with Gasteiger partial charge in [0.25, 0.3) is 0 Å². The summed E-state index contributed by atoms with van der Waals surface area (Å²) in [6.07, 6.45) is 0. The second-order valence-corrected chi connectivity index (χ2v) is 5.75. The molecule has 0 heterocycles. The van der Waals surface area contributed by atoms with Crippen LogP contribution in [0.25, 0.3) is 0 Å². The minimum atomic E-state index is -0.258. The molecule has 0 fully saturated rings. The van der Waals surface area contributed by atoms with Crippen LogP contribution in [0.4, 0.5) is 10.1 Å². The number of hydrogen-bond donors (Lipinski definition) is 1. The molecular formula is C14H11BrCl2FN. The molecule has 1 nitrogen and oxygen atoms in total. The zero-order chi connectivity index (χ0) is 14.0. The van der Waals surface area contributed by atoms with Gasteiger partial charge in [0.2, 0.25) is 0 Å². The fourth-order valence-corrected chi connectivity index (χ4v) is 2.56. The Kier molecular flexibility index (Phi) is 4.71. The van der Waals surface area contributed by atoms with Crippen molar-refractivity contribution in [2.24, 2.45) is 0 Å². The molecule has 0 saturated heterocycles. The lowest BCUT2D eigenvalue weighted by atomic mass is 10.1. The summed E-state index contributed by atoms with van der Waals surface area (Å²) in [4.78, 5) is 0. The van der Waals surface area contributed by atoms with Gasteiger partial charge in [0.15, 0.2) is 0 Å². The number of benzene rings is 2. The van der Waals surface area contributed by atoms with Crippen LogP contribution in [0.2, 0.25) is 10.0 Å². The quantitative estimate of drug-likeness (QED) is 0.653. The summed E-state index contributed by atoms with van der Waals surface area (Å²) < 4.78 is 13.9. The molecule has 19 heavy (non-hydrogen) atoms. The van der Waals surface area contributed by atoms with Gasteiger partial charge >= 0.3 is 0 Å². The maximum absolute atomic E-state index is 13.2. The van der Waals surface area contributed by atoms with E-state index in [1.165, 1.54) is 12.1 Å². The Labute approximate surface area is 129 Å². The first-order chi connectivity index (χ1) is 8.99. The van der Waals surface area contributed by atoms with Crippen molar-refractivity contribution in [2.45, 2.75) is 13.0 Å². The second kappa shape index (κ2) is 6.12. The Bertz CT molecular complexity index is 604. The standard InChI is InChI=1S/C14H11BrCl2FN/c1-8(9-3-2-4-10(18)7-9)19-12-6-5-11(15)13(16)14(12)17/h2-8,19H,1H3. The van der Waals surface area contributed by atoms with Crippen molar-refractivity contribution in [3.05, 3.63) is 62.3 Å². The molecule has 0 spiro atoms. The Balaban J connectivity index is 2.24. The van der Waals surface area contributed by atoms with E-state index in [4.69, 9.17) is 23.2 Å². The van der Waals surface area contributed by atoms with Gasteiger partial charge in [-0.15, -0.1) is 0 Å². The average Bonchev–Trinajstić information content (AvgIpc) is 2.39. The molecule has 0 saturated carbocycles. The van der Waals surface area contributed by atoms with Crippen molar-refractivity contribution in [2.75, 3.05) is 5.32 Å². The molecule has 0 radical (unpaired) electrons. The van der Waals surface area contributed by atoms with Crippen molar-refractivity contribution >= 4 is 44.8 Å². The Morgan fingerprint density at radius 1 is 1.16 bits per heavy atom. The van der Waals surface area contributed by atoms with Gasteiger partial charge < -0.3 is 5.32 Å². The first-order valence-corrected chi connectivity index (χ1v) is 7.19. The monoisotopic (exact) mass is 361 g/mol. The van der Waals surface area contributed by atoms with Gasteiger partial charge in [-0.25, -0.2) is 4.39 Å². The van der Waals surface area contributed by atoms with Gasteiger partial charge in [0.1, 0.15) is 5.82 Å². The van der Waals surface area contributed by atoms with E-state index in [0.717, 1.165) is 10.0 Å². The van der Waals surface area contributed by atoms with Crippen LogP contribution in [0.3, 0.4) is 0 Å². The summed E-state index contributed by atoms with van der Waals surface area (Å²) in [7, 11) is 0. The summed E-state index contributed by atoms with van der Waals surface area (Å²) in [5, 5.41) is 4.12. The second-order valence-electron chi connectivity index (χ2n) is 4.14. The molecule has 2 rings (SSSR count). The number of rotatable bonds is 3. The first-order valence-electron chi connectivity index (χ1n) is 5.64. The van der Waals surface area contributed by atoms with Crippen LogP contribution in [0, 0.1) is 5.82 Å². The summed E-state index contributed by atoms with van der Waals surface area (Å²) in [6.45, 7) is 1.93. The van der Waals surface area contributed by atoms with Gasteiger partial charge in [-0.1, -0.05) is 35.3 Å². The SMILES string of the molecule is CC(Nc1ccc(Br)c(Cl)c1Cl)c1cccc(F)c1. The third kappa shape index (κ3) is 3.41. The highest BCUT2D eigenvalue weighted by Crippen LogP contribution is 2.37. The zero-order valence-corrected chi connectivity index (χ0v) is 13.2. The molecule has 0 aliphatic heterocycles. The Morgan fingerprint density at radius 3 is 2.58 bits per heavy atom. The van der Waals surface area contributed by atoms with Crippen molar-refractivity contribution in [3.8, 4) is 0 Å². The normalized spacial score (nSPS) is 12.3. The van der Waals surface area contributed by atoms with Gasteiger partial charge in [-0.05, 0) is 52.7 Å². The first kappa shape index (κ1) is 14.6. The summed E-state index contributed by atoms with van der Waals surface area (Å²) in [6, 6.07) is 10.0. The van der Waals surface area contributed by atoms with Crippen LogP contribution in [0.5, 0.6) is 0 Å². The van der Waals surface area contributed by atoms with Crippen LogP contribution in [0.15, 0.2) is 40.9 Å². The van der Waals surface area contributed by atoms with Crippen molar-refractivity contribution in [1.82, 2.24) is 0 Å². The predicted molar refractivity (Wildman–Crippen MR) is 82.6 cm³/mol. The molecule has 0 aliphatic rings. The molecule has 5 heteroatoms. The number of halogens is 4. The lowest BCUT2D eigenvalue weighted by molar-refractivity contribution is 0.623.